The van der Waals surface area contributed by atoms with Crippen molar-refractivity contribution in [3.63, 3.8) is 0 Å². The van der Waals surface area contributed by atoms with Gasteiger partial charge in [-0.2, -0.15) is 0 Å². The van der Waals surface area contributed by atoms with Crippen molar-refractivity contribution in [2.24, 2.45) is 17.8 Å². The number of esters is 1. The number of carbonyl (C=O) groups is 3. The van der Waals surface area contributed by atoms with E-state index in [9.17, 15) is 24.5 Å². The van der Waals surface area contributed by atoms with Crippen LogP contribution in [0.2, 0.25) is 0 Å². The van der Waals surface area contributed by atoms with Crippen molar-refractivity contribution >= 4 is 29.0 Å². The molecule has 2 aliphatic rings. The van der Waals surface area contributed by atoms with E-state index in [4.69, 9.17) is 4.74 Å². The second-order valence-corrected chi connectivity index (χ2v) is 7.71. The number of rotatable bonds is 5. The number of nitrogens with one attached hydrogen (secondary N) is 1. The van der Waals surface area contributed by atoms with Crippen molar-refractivity contribution in [3.8, 4) is 0 Å². The molecule has 0 aromatic heterocycles. The van der Waals surface area contributed by atoms with Gasteiger partial charge in [0.15, 0.2) is 6.61 Å². The van der Waals surface area contributed by atoms with Crippen molar-refractivity contribution in [2.45, 2.75) is 46.0 Å². The molecule has 1 N–H and O–H groups in total. The molecule has 0 heterocycles. The number of benzene rings is 1. The maximum absolute atomic E-state index is 12.4. The Morgan fingerprint density at radius 1 is 1.21 bits per heavy atom. The average molecular weight is 388 g/mol. The number of aryl methyl sites for hydroxylation is 1. The van der Waals surface area contributed by atoms with Crippen LogP contribution < -0.4 is 5.32 Å². The number of nitrogens with zero attached hydrogens (tertiary/aromatic N) is 1. The summed E-state index contributed by atoms with van der Waals surface area (Å²) < 4.78 is 5.15. The zero-order valence-corrected chi connectivity index (χ0v) is 16.0. The number of Topliss-reactive ketones (excluding diaryl/α,β-unsaturated/α-hetero) is 1. The summed E-state index contributed by atoms with van der Waals surface area (Å²) >= 11 is 0. The summed E-state index contributed by atoms with van der Waals surface area (Å²) in [5.74, 6) is -1.36. The lowest BCUT2D eigenvalue weighted by Crippen LogP contribution is -2.40. The van der Waals surface area contributed by atoms with Crippen LogP contribution >= 0.6 is 0 Å². The zero-order chi connectivity index (χ0) is 20.4. The van der Waals surface area contributed by atoms with E-state index in [1.165, 1.54) is 6.07 Å². The molecule has 0 saturated heterocycles. The first kappa shape index (κ1) is 20.0. The molecule has 0 spiro atoms. The van der Waals surface area contributed by atoms with Gasteiger partial charge in [0, 0.05) is 17.9 Å². The SMILES string of the molecule is Cc1ccc([N+](=O)[O-])c(NC(=O)COC(=O)C2C[C@H]3CCC[C@@H](C2)C3=O)c1C. The van der Waals surface area contributed by atoms with Crippen molar-refractivity contribution in [1.82, 2.24) is 0 Å². The third-order valence-corrected chi connectivity index (χ3v) is 5.90. The van der Waals surface area contributed by atoms with Crippen LogP contribution in [0.25, 0.3) is 0 Å². The standard InChI is InChI=1S/C20H24N2O6/c1-11-6-7-16(22(26)27)18(12(11)2)21-17(23)10-28-20(25)15-8-13-4-3-5-14(9-15)19(13)24/h6-7,13-15H,3-5,8-10H2,1-2H3,(H,21,23)/t13-,14+,15?. The van der Waals surface area contributed by atoms with Gasteiger partial charge in [-0.3, -0.25) is 24.5 Å². The molecule has 8 nitrogen and oxygen atoms in total. The molecule has 28 heavy (non-hydrogen) atoms. The van der Waals surface area contributed by atoms with E-state index in [2.05, 4.69) is 5.32 Å². The second kappa shape index (κ2) is 8.08. The van der Waals surface area contributed by atoms with Crippen molar-refractivity contribution in [1.29, 1.82) is 0 Å². The highest BCUT2D eigenvalue weighted by Gasteiger charge is 2.41. The highest BCUT2D eigenvalue weighted by molar-refractivity contribution is 5.96. The Morgan fingerprint density at radius 2 is 1.86 bits per heavy atom. The van der Waals surface area contributed by atoms with Gasteiger partial charge in [0.2, 0.25) is 0 Å². The number of nitro benzene ring substituents is 1. The minimum atomic E-state index is -0.628. The summed E-state index contributed by atoms with van der Waals surface area (Å²) in [6.45, 7) is 2.96. The summed E-state index contributed by atoms with van der Waals surface area (Å²) in [7, 11) is 0. The number of fused-ring (bicyclic) bond motifs is 2. The first-order chi connectivity index (χ1) is 13.3. The quantitative estimate of drug-likeness (QED) is 0.471. The number of amides is 1. The molecule has 8 heteroatoms. The number of ether oxygens (including phenoxy) is 1. The van der Waals surface area contributed by atoms with Gasteiger partial charge in [0.25, 0.3) is 11.6 Å². The molecule has 2 saturated carbocycles. The predicted molar refractivity (Wildman–Crippen MR) is 101 cm³/mol. The van der Waals surface area contributed by atoms with E-state index in [1.54, 1.807) is 19.9 Å². The number of hydrogen-bond donors (Lipinski definition) is 1. The van der Waals surface area contributed by atoms with Crippen molar-refractivity contribution in [3.05, 3.63) is 33.4 Å². The maximum Gasteiger partial charge on any atom is 0.309 e. The predicted octanol–water partition coefficient (Wildman–Crippen LogP) is 3.09. The van der Waals surface area contributed by atoms with Gasteiger partial charge in [0.05, 0.1) is 10.8 Å². The smallest absolute Gasteiger partial charge is 0.309 e. The van der Waals surface area contributed by atoms with E-state index in [0.29, 0.717) is 18.4 Å². The Morgan fingerprint density at radius 3 is 2.46 bits per heavy atom. The average Bonchev–Trinajstić information content (AvgIpc) is 2.63. The van der Waals surface area contributed by atoms with Crippen LogP contribution in [0.4, 0.5) is 11.4 Å². The fourth-order valence-electron chi connectivity index (χ4n) is 4.21. The molecule has 3 rings (SSSR count). The molecule has 1 aromatic rings. The molecule has 1 unspecified atom stereocenters. The number of nitro groups is 1. The lowest BCUT2D eigenvalue weighted by molar-refractivity contribution is -0.384. The third-order valence-electron chi connectivity index (χ3n) is 5.90. The van der Waals surface area contributed by atoms with E-state index >= 15 is 0 Å². The van der Waals surface area contributed by atoms with Gasteiger partial charge >= 0.3 is 5.97 Å². The molecular formula is C20H24N2O6. The lowest BCUT2D eigenvalue weighted by atomic mass is 9.67. The highest BCUT2D eigenvalue weighted by Crippen LogP contribution is 2.40. The van der Waals surface area contributed by atoms with Gasteiger partial charge < -0.3 is 10.1 Å². The van der Waals surface area contributed by atoms with Gasteiger partial charge in [-0.1, -0.05) is 12.5 Å². The molecule has 2 fully saturated rings. The number of ketones is 1. The Balaban J connectivity index is 1.59. The molecule has 1 aromatic carbocycles. The van der Waals surface area contributed by atoms with Crippen LogP contribution in [0.3, 0.4) is 0 Å². The van der Waals surface area contributed by atoms with Crippen LogP contribution in [-0.2, 0) is 19.1 Å². The maximum atomic E-state index is 12.4. The van der Waals surface area contributed by atoms with Crippen molar-refractivity contribution < 1.29 is 24.0 Å². The van der Waals surface area contributed by atoms with Crippen LogP contribution in [0.5, 0.6) is 0 Å². The molecule has 0 radical (unpaired) electrons. The van der Waals surface area contributed by atoms with E-state index < -0.39 is 23.4 Å². The van der Waals surface area contributed by atoms with Crippen LogP contribution in [0, 0.1) is 41.7 Å². The molecular weight excluding hydrogens is 364 g/mol. The Labute approximate surface area is 162 Å². The zero-order valence-electron chi connectivity index (χ0n) is 16.0. The van der Waals surface area contributed by atoms with Crippen LogP contribution in [-0.4, -0.2) is 29.2 Å². The van der Waals surface area contributed by atoms with E-state index in [-0.39, 0.29) is 34.9 Å². The van der Waals surface area contributed by atoms with E-state index in [1.807, 2.05) is 0 Å². The molecule has 1 amide bonds. The number of carbonyl (C=O) groups excluding carboxylic acids is 3. The molecule has 0 aliphatic heterocycles. The van der Waals surface area contributed by atoms with Gasteiger partial charge in [0.1, 0.15) is 11.5 Å². The first-order valence-corrected chi connectivity index (χ1v) is 9.52. The summed E-state index contributed by atoms with van der Waals surface area (Å²) in [5.41, 5.74) is 1.30. The molecule has 150 valence electrons. The fourth-order valence-corrected chi connectivity index (χ4v) is 4.21. The van der Waals surface area contributed by atoms with E-state index in [0.717, 1.165) is 24.8 Å². The monoisotopic (exact) mass is 388 g/mol. The Kier molecular flexibility index (Phi) is 5.76. The first-order valence-electron chi connectivity index (χ1n) is 9.52. The summed E-state index contributed by atoms with van der Waals surface area (Å²) in [5, 5.41) is 13.7. The van der Waals surface area contributed by atoms with Gasteiger partial charge in [-0.05, 0) is 50.7 Å². The van der Waals surface area contributed by atoms with Gasteiger partial charge in [-0.15, -0.1) is 0 Å². The molecule has 3 atom stereocenters. The summed E-state index contributed by atoms with van der Waals surface area (Å²) in [6.07, 6.45) is 3.61. The highest BCUT2D eigenvalue weighted by atomic mass is 16.6. The number of hydrogen-bond acceptors (Lipinski definition) is 6. The largest absolute Gasteiger partial charge is 0.455 e. The normalized spacial score (nSPS) is 23.8. The van der Waals surface area contributed by atoms with Crippen LogP contribution in [0.15, 0.2) is 12.1 Å². The molecule has 2 aliphatic carbocycles. The Bertz CT molecular complexity index is 818. The number of anilines is 1. The van der Waals surface area contributed by atoms with Crippen molar-refractivity contribution in [2.75, 3.05) is 11.9 Å². The third kappa shape index (κ3) is 4.05. The fraction of sp³-hybridized carbons (Fsp3) is 0.550. The van der Waals surface area contributed by atoms with Crippen LogP contribution in [0.1, 0.15) is 43.2 Å². The van der Waals surface area contributed by atoms with Gasteiger partial charge in [-0.25, -0.2) is 0 Å². The minimum Gasteiger partial charge on any atom is -0.455 e. The Hall–Kier alpha value is -2.77. The molecule has 2 bridgehead atoms. The summed E-state index contributed by atoms with van der Waals surface area (Å²) in [4.78, 5) is 47.3. The topological polar surface area (TPSA) is 116 Å². The lowest BCUT2D eigenvalue weighted by Gasteiger charge is -2.36. The summed E-state index contributed by atoms with van der Waals surface area (Å²) in [6, 6.07) is 2.95. The second-order valence-electron chi connectivity index (χ2n) is 7.71. The minimum absolute atomic E-state index is 0.0727.